The van der Waals surface area contributed by atoms with Crippen LogP contribution in [0.4, 0.5) is 0 Å². The lowest BCUT2D eigenvalue weighted by Gasteiger charge is -2.13. The van der Waals surface area contributed by atoms with Crippen LogP contribution in [0.25, 0.3) is 10.9 Å². The molecule has 0 aliphatic heterocycles. The van der Waals surface area contributed by atoms with Gasteiger partial charge < -0.3 is 9.73 Å². The Labute approximate surface area is 187 Å². The number of furan rings is 1. The van der Waals surface area contributed by atoms with Crippen LogP contribution in [0.2, 0.25) is 0 Å². The molecule has 7 nitrogen and oxygen atoms in total. The van der Waals surface area contributed by atoms with Gasteiger partial charge in [0.1, 0.15) is 11.5 Å². The number of para-hydroxylation sites is 1. The third-order valence-corrected chi connectivity index (χ3v) is 5.66. The van der Waals surface area contributed by atoms with E-state index in [-0.39, 0.29) is 11.8 Å². The van der Waals surface area contributed by atoms with Crippen molar-refractivity contribution in [3.05, 3.63) is 64.7 Å². The van der Waals surface area contributed by atoms with Crippen LogP contribution >= 0.6 is 0 Å². The first-order valence-corrected chi connectivity index (χ1v) is 11.1. The second kappa shape index (κ2) is 9.34. The van der Waals surface area contributed by atoms with Gasteiger partial charge in [-0.3, -0.25) is 9.59 Å². The summed E-state index contributed by atoms with van der Waals surface area (Å²) in [5.41, 5.74) is 6.01. The molecular weight excluding hydrogens is 404 g/mol. The predicted octanol–water partition coefficient (Wildman–Crippen LogP) is 4.38. The molecule has 1 aliphatic rings. The number of amides is 2. The Morgan fingerprint density at radius 3 is 2.75 bits per heavy atom. The predicted molar refractivity (Wildman–Crippen MR) is 124 cm³/mol. The molecule has 2 aromatic heterocycles. The zero-order valence-electron chi connectivity index (χ0n) is 18.7. The Balaban J connectivity index is 1.52. The van der Waals surface area contributed by atoms with Crippen molar-refractivity contribution in [2.45, 2.75) is 46.5 Å². The first-order chi connectivity index (χ1) is 15.4. The Morgan fingerprint density at radius 2 is 1.94 bits per heavy atom. The summed E-state index contributed by atoms with van der Waals surface area (Å²) in [6, 6.07) is 11.2. The van der Waals surface area contributed by atoms with Crippen LogP contribution in [-0.2, 0) is 6.42 Å². The first-order valence-electron chi connectivity index (χ1n) is 11.1. The van der Waals surface area contributed by atoms with Gasteiger partial charge in [-0.15, -0.1) is 0 Å². The second-order valence-corrected chi connectivity index (χ2v) is 8.53. The molecule has 0 spiro atoms. The Hall–Kier alpha value is -3.48. The molecule has 0 fully saturated rings. The molecule has 0 saturated carbocycles. The van der Waals surface area contributed by atoms with E-state index in [1.807, 2.05) is 37.3 Å². The van der Waals surface area contributed by atoms with Crippen molar-refractivity contribution in [3.63, 3.8) is 0 Å². The SMILES string of the molecule is Cc1c(C(=O)NCCC(C)C)oc2c1/C(=N/NC(=O)c1ccc3ccccc3n1)CCC2. The fourth-order valence-electron chi connectivity index (χ4n) is 3.92. The molecule has 0 radical (unpaired) electrons. The fraction of sp³-hybridized carbons (Fsp3) is 0.360. The van der Waals surface area contributed by atoms with Crippen molar-refractivity contribution in [3.8, 4) is 0 Å². The number of hydrogen-bond donors (Lipinski definition) is 2. The number of hydrazone groups is 1. The van der Waals surface area contributed by atoms with Crippen molar-refractivity contribution >= 4 is 28.4 Å². The fourth-order valence-corrected chi connectivity index (χ4v) is 3.92. The topological polar surface area (TPSA) is 96.6 Å². The molecule has 4 rings (SSSR count). The molecule has 0 saturated heterocycles. The molecule has 2 amide bonds. The summed E-state index contributed by atoms with van der Waals surface area (Å²) in [4.78, 5) is 29.7. The molecule has 1 aromatic carbocycles. The van der Waals surface area contributed by atoms with Crippen molar-refractivity contribution in [1.29, 1.82) is 0 Å². The quantitative estimate of drug-likeness (QED) is 0.565. The van der Waals surface area contributed by atoms with Crippen LogP contribution in [-0.4, -0.2) is 29.1 Å². The second-order valence-electron chi connectivity index (χ2n) is 8.53. The van der Waals surface area contributed by atoms with Crippen molar-refractivity contribution < 1.29 is 14.0 Å². The number of carbonyl (C=O) groups excluding carboxylic acids is 2. The number of pyridine rings is 1. The van der Waals surface area contributed by atoms with Crippen LogP contribution in [0.5, 0.6) is 0 Å². The molecule has 166 valence electrons. The van der Waals surface area contributed by atoms with Gasteiger partial charge in [0.25, 0.3) is 11.8 Å². The van der Waals surface area contributed by atoms with Crippen LogP contribution in [0.3, 0.4) is 0 Å². The van der Waals surface area contributed by atoms with Crippen LogP contribution < -0.4 is 10.7 Å². The van der Waals surface area contributed by atoms with Gasteiger partial charge in [0.15, 0.2) is 5.76 Å². The van der Waals surface area contributed by atoms with Crippen LogP contribution in [0, 0.1) is 12.8 Å². The summed E-state index contributed by atoms with van der Waals surface area (Å²) < 4.78 is 5.91. The van der Waals surface area contributed by atoms with Crippen molar-refractivity contribution in [2.24, 2.45) is 11.0 Å². The molecular formula is C25H28N4O3. The summed E-state index contributed by atoms with van der Waals surface area (Å²) in [7, 11) is 0. The number of hydrogen-bond acceptors (Lipinski definition) is 5. The van der Waals surface area contributed by atoms with E-state index in [4.69, 9.17) is 4.42 Å². The molecule has 3 aromatic rings. The van der Waals surface area contributed by atoms with Crippen LogP contribution in [0.15, 0.2) is 45.9 Å². The Morgan fingerprint density at radius 1 is 1.12 bits per heavy atom. The monoisotopic (exact) mass is 432 g/mol. The van der Waals surface area contributed by atoms with Crippen molar-refractivity contribution in [2.75, 3.05) is 6.54 Å². The normalized spacial score (nSPS) is 14.6. The average molecular weight is 433 g/mol. The van der Waals surface area contributed by atoms with E-state index < -0.39 is 0 Å². The number of fused-ring (bicyclic) bond motifs is 2. The highest BCUT2D eigenvalue weighted by Crippen LogP contribution is 2.30. The lowest BCUT2D eigenvalue weighted by molar-refractivity contribution is 0.0919. The number of aryl methyl sites for hydroxylation is 1. The maximum absolute atomic E-state index is 12.6. The molecule has 2 heterocycles. The highest BCUT2D eigenvalue weighted by molar-refractivity contribution is 6.07. The van der Waals surface area contributed by atoms with Gasteiger partial charge in [-0.1, -0.05) is 38.1 Å². The minimum atomic E-state index is -0.372. The van der Waals surface area contributed by atoms with E-state index in [0.717, 1.165) is 52.8 Å². The third kappa shape index (κ3) is 4.56. The van der Waals surface area contributed by atoms with Gasteiger partial charge in [-0.05, 0) is 44.2 Å². The van der Waals surface area contributed by atoms with E-state index in [9.17, 15) is 9.59 Å². The van der Waals surface area contributed by atoms with Crippen LogP contribution in [0.1, 0.15) is 71.0 Å². The molecule has 7 heteroatoms. The van der Waals surface area contributed by atoms with E-state index >= 15 is 0 Å². The average Bonchev–Trinajstić information content (AvgIpc) is 3.14. The number of carbonyl (C=O) groups is 2. The molecule has 0 unspecified atom stereocenters. The summed E-state index contributed by atoms with van der Waals surface area (Å²) in [5, 5.41) is 8.29. The maximum Gasteiger partial charge on any atom is 0.289 e. The number of nitrogens with one attached hydrogen (secondary N) is 2. The molecule has 32 heavy (non-hydrogen) atoms. The van der Waals surface area contributed by atoms with Gasteiger partial charge in [-0.2, -0.15) is 5.10 Å². The number of rotatable bonds is 6. The zero-order chi connectivity index (χ0) is 22.7. The lowest BCUT2D eigenvalue weighted by atomic mass is 9.93. The largest absolute Gasteiger partial charge is 0.455 e. The number of aromatic nitrogens is 1. The molecule has 2 N–H and O–H groups in total. The van der Waals surface area contributed by atoms with E-state index in [0.29, 0.717) is 30.3 Å². The Kier molecular flexibility index (Phi) is 6.35. The minimum Gasteiger partial charge on any atom is -0.455 e. The lowest BCUT2D eigenvalue weighted by Crippen LogP contribution is -2.25. The van der Waals surface area contributed by atoms with Gasteiger partial charge >= 0.3 is 0 Å². The summed E-state index contributed by atoms with van der Waals surface area (Å²) >= 11 is 0. The maximum atomic E-state index is 12.6. The smallest absolute Gasteiger partial charge is 0.289 e. The van der Waals surface area contributed by atoms with E-state index in [1.54, 1.807) is 6.07 Å². The first kappa shape index (κ1) is 21.7. The minimum absolute atomic E-state index is 0.207. The van der Waals surface area contributed by atoms with E-state index in [1.165, 1.54) is 0 Å². The van der Waals surface area contributed by atoms with Crippen molar-refractivity contribution in [1.82, 2.24) is 15.7 Å². The highest BCUT2D eigenvalue weighted by atomic mass is 16.4. The van der Waals surface area contributed by atoms with Gasteiger partial charge in [-0.25, -0.2) is 10.4 Å². The third-order valence-electron chi connectivity index (χ3n) is 5.66. The summed E-state index contributed by atoms with van der Waals surface area (Å²) in [6.07, 6.45) is 3.20. The zero-order valence-corrected chi connectivity index (χ0v) is 18.7. The molecule has 1 aliphatic carbocycles. The highest BCUT2D eigenvalue weighted by Gasteiger charge is 2.28. The molecule has 0 atom stereocenters. The number of nitrogens with zero attached hydrogens (tertiary/aromatic N) is 2. The molecule has 0 bridgehead atoms. The standard InChI is InChI=1S/C25H28N4O3/c1-15(2)13-14-26-25(31)23-16(3)22-19(9-6-10-21(22)32-23)28-29-24(30)20-12-11-17-7-4-5-8-18(17)27-20/h4-5,7-8,11-12,15H,6,9-10,13-14H2,1-3H3,(H,26,31)(H,29,30)/b28-19+. The Bertz CT molecular complexity index is 1190. The number of benzene rings is 1. The van der Waals surface area contributed by atoms with E-state index in [2.05, 4.69) is 34.7 Å². The van der Waals surface area contributed by atoms with Gasteiger partial charge in [0, 0.05) is 29.5 Å². The summed E-state index contributed by atoms with van der Waals surface area (Å²) in [5.74, 6) is 1.01. The van der Waals surface area contributed by atoms with Gasteiger partial charge in [0.2, 0.25) is 0 Å². The summed E-state index contributed by atoms with van der Waals surface area (Å²) in [6.45, 7) is 6.71. The van der Waals surface area contributed by atoms with Gasteiger partial charge in [0.05, 0.1) is 11.2 Å².